The number of nitrogens with one attached hydrogen (secondary N) is 1. The first-order valence-corrected chi connectivity index (χ1v) is 10.3. The third kappa shape index (κ3) is 7.90. The lowest BCUT2D eigenvalue weighted by Gasteiger charge is -2.16. The number of ether oxygens (including phenoxy) is 2. The third-order valence-electron chi connectivity index (χ3n) is 3.99. The van der Waals surface area contributed by atoms with E-state index < -0.39 is 0 Å². The summed E-state index contributed by atoms with van der Waals surface area (Å²) in [4.78, 5) is 0. The van der Waals surface area contributed by atoms with Crippen LogP contribution in [0.15, 0.2) is 40.9 Å². The second-order valence-electron chi connectivity index (χ2n) is 6.10. The molecule has 0 atom stereocenters. The lowest BCUT2D eigenvalue weighted by Crippen LogP contribution is -2.15. The van der Waals surface area contributed by atoms with E-state index in [9.17, 15) is 0 Å². The zero-order valence-corrected chi connectivity index (χ0v) is 19.1. The second kappa shape index (κ2) is 13.3. The molecule has 0 spiro atoms. The van der Waals surface area contributed by atoms with Gasteiger partial charge in [0, 0.05) is 17.1 Å². The SMILES string of the molecule is CCCCCNCc1cc(Br)c(OCc2ccccc2Cl)c(OCC)c1.Cl. The predicted octanol–water partition coefficient (Wildman–Crippen LogP) is 6.78. The maximum Gasteiger partial charge on any atom is 0.175 e. The van der Waals surface area contributed by atoms with Crippen LogP contribution in [0.4, 0.5) is 0 Å². The van der Waals surface area contributed by atoms with Gasteiger partial charge in [-0.25, -0.2) is 0 Å². The number of rotatable bonds is 11. The van der Waals surface area contributed by atoms with E-state index in [-0.39, 0.29) is 12.4 Å². The molecular weight excluding hydrogens is 449 g/mol. The molecule has 0 aliphatic heterocycles. The van der Waals surface area contributed by atoms with E-state index >= 15 is 0 Å². The Bertz CT molecular complexity index is 698. The van der Waals surface area contributed by atoms with Crippen LogP contribution in [0, 0.1) is 0 Å². The quantitative estimate of drug-likeness (QED) is 0.362. The van der Waals surface area contributed by atoms with Crippen molar-refractivity contribution in [3.63, 3.8) is 0 Å². The van der Waals surface area contributed by atoms with Crippen molar-refractivity contribution < 1.29 is 9.47 Å². The summed E-state index contributed by atoms with van der Waals surface area (Å²) in [7, 11) is 0. The Morgan fingerprint density at radius 3 is 2.56 bits per heavy atom. The van der Waals surface area contributed by atoms with Crippen molar-refractivity contribution in [3.05, 3.63) is 57.0 Å². The Hall–Kier alpha value is -0.940. The van der Waals surface area contributed by atoms with E-state index in [4.69, 9.17) is 21.1 Å². The molecule has 1 N–H and O–H groups in total. The number of benzene rings is 2. The molecule has 0 heterocycles. The Balaban J connectivity index is 0.00000364. The predicted molar refractivity (Wildman–Crippen MR) is 120 cm³/mol. The van der Waals surface area contributed by atoms with Crippen LogP contribution in [0.3, 0.4) is 0 Å². The number of hydrogen-bond donors (Lipinski definition) is 1. The highest BCUT2D eigenvalue weighted by atomic mass is 79.9. The highest BCUT2D eigenvalue weighted by Crippen LogP contribution is 2.37. The largest absolute Gasteiger partial charge is 0.490 e. The minimum atomic E-state index is 0. The number of hydrogen-bond acceptors (Lipinski definition) is 3. The van der Waals surface area contributed by atoms with Gasteiger partial charge in [0.25, 0.3) is 0 Å². The smallest absolute Gasteiger partial charge is 0.175 e. The van der Waals surface area contributed by atoms with Crippen LogP contribution in [0.1, 0.15) is 44.2 Å². The molecule has 3 nitrogen and oxygen atoms in total. The monoisotopic (exact) mass is 475 g/mol. The van der Waals surface area contributed by atoms with Crippen molar-refractivity contribution in [1.29, 1.82) is 0 Å². The van der Waals surface area contributed by atoms with Crippen LogP contribution in [-0.4, -0.2) is 13.2 Å². The van der Waals surface area contributed by atoms with Crippen molar-refractivity contribution in [3.8, 4) is 11.5 Å². The molecule has 2 aromatic carbocycles. The van der Waals surface area contributed by atoms with Gasteiger partial charge < -0.3 is 14.8 Å². The van der Waals surface area contributed by atoms with Crippen LogP contribution < -0.4 is 14.8 Å². The molecule has 0 saturated carbocycles. The summed E-state index contributed by atoms with van der Waals surface area (Å²) in [6.45, 7) is 7.01. The van der Waals surface area contributed by atoms with Gasteiger partial charge in [0.1, 0.15) is 6.61 Å². The number of halogens is 3. The van der Waals surface area contributed by atoms with Crippen LogP contribution in [0.5, 0.6) is 11.5 Å². The van der Waals surface area contributed by atoms with Crippen molar-refractivity contribution in [2.24, 2.45) is 0 Å². The average molecular weight is 477 g/mol. The fraction of sp³-hybridized carbons (Fsp3) is 0.429. The van der Waals surface area contributed by atoms with Gasteiger partial charge >= 0.3 is 0 Å². The first-order valence-electron chi connectivity index (χ1n) is 9.17. The van der Waals surface area contributed by atoms with Crippen molar-refractivity contribution in [2.75, 3.05) is 13.2 Å². The van der Waals surface area contributed by atoms with Gasteiger partial charge in [-0.3, -0.25) is 0 Å². The normalized spacial score (nSPS) is 10.4. The second-order valence-corrected chi connectivity index (χ2v) is 7.36. The fourth-order valence-electron chi connectivity index (χ4n) is 2.62. The molecule has 2 rings (SSSR count). The Labute approximate surface area is 182 Å². The Kier molecular flexibility index (Phi) is 11.8. The highest BCUT2D eigenvalue weighted by Gasteiger charge is 2.13. The summed E-state index contributed by atoms with van der Waals surface area (Å²) in [6.07, 6.45) is 3.70. The fourth-order valence-corrected chi connectivity index (χ4v) is 3.42. The summed E-state index contributed by atoms with van der Waals surface area (Å²) in [5.41, 5.74) is 2.12. The van der Waals surface area contributed by atoms with E-state index in [1.165, 1.54) is 24.8 Å². The first kappa shape index (κ1) is 24.1. The topological polar surface area (TPSA) is 30.5 Å². The summed E-state index contributed by atoms with van der Waals surface area (Å²) in [5.74, 6) is 1.46. The van der Waals surface area contributed by atoms with Gasteiger partial charge in [0.15, 0.2) is 11.5 Å². The Morgan fingerprint density at radius 2 is 1.85 bits per heavy atom. The summed E-state index contributed by atoms with van der Waals surface area (Å²) in [6, 6.07) is 11.8. The molecule has 6 heteroatoms. The van der Waals surface area contributed by atoms with Crippen LogP contribution >= 0.6 is 39.9 Å². The molecule has 0 fully saturated rings. The minimum Gasteiger partial charge on any atom is -0.490 e. The van der Waals surface area contributed by atoms with E-state index in [0.29, 0.717) is 24.0 Å². The number of unbranched alkanes of at least 4 members (excludes halogenated alkanes) is 2. The zero-order chi connectivity index (χ0) is 18.8. The van der Waals surface area contributed by atoms with Gasteiger partial charge in [-0.1, -0.05) is 49.6 Å². The lowest BCUT2D eigenvalue weighted by molar-refractivity contribution is 0.267. The van der Waals surface area contributed by atoms with Crippen molar-refractivity contribution in [2.45, 2.75) is 46.3 Å². The molecule has 0 unspecified atom stereocenters. The molecule has 2 aromatic rings. The highest BCUT2D eigenvalue weighted by molar-refractivity contribution is 9.10. The molecule has 0 radical (unpaired) electrons. The van der Waals surface area contributed by atoms with E-state index in [1.807, 2.05) is 37.3 Å². The zero-order valence-electron chi connectivity index (χ0n) is 15.9. The standard InChI is InChI=1S/C21H27BrClNO2.ClH/c1-3-5-8-11-24-14-16-12-18(22)21(20(13-16)25-4-2)26-15-17-9-6-7-10-19(17)23;/h6-7,9-10,12-13,24H,3-5,8,11,14-15H2,1-2H3;1H. The maximum atomic E-state index is 6.22. The maximum absolute atomic E-state index is 6.22. The molecule has 0 amide bonds. The van der Waals surface area contributed by atoms with Crippen molar-refractivity contribution >= 4 is 39.9 Å². The van der Waals surface area contributed by atoms with E-state index in [2.05, 4.69) is 34.2 Å². The van der Waals surface area contributed by atoms with Crippen LogP contribution in [-0.2, 0) is 13.2 Å². The molecule has 0 aliphatic carbocycles. The van der Waals surface area contributed by atoms with Crippen molar-refractivity contribution in [1.82, 2.24) is 5.32 Å². The summed E-state index contributed by atoms with van der Waals surface area (Å²) >= 11 is 9.85. The van der Waals surface area contributed by atoms with Gasteiger partial charge in [0.2, 0.25) is 0 Å². The van der Waals surface area contributed by atoms with Gasteiger partial charge in [0.05, 0.1) is 11.1 Å². The van der Waals surface area contributed by atoms with E-state index in [1.54, 1.807) is 0 Å². The lowest BCUT2D eigenvalue weighted by atomic mass is 10.2. The molecule has 0 saturated heterocycles. The molecule has 150 valence electrons. The van der Waals surface area contributed by atoms with Gasteiger partial charge in [-0.15, -0.1) is 12.4 Å². The molecule has 0 aromatic heterocycles. The summed E-state index contributed by atoms with van der Waals surface area (Å²) in [5, 5.41) is 4.19. The summed E-state index contributed by atoms with van der Waals surface area (Å²) < 4.78 is 12.7. The van der Waals surface area contributed by atoms with E-state index in [0.717, 1.165) is 28.9 Å². The molecule has 0 aliphatic rings. The van der Waals surface area contributed by atoms with Crippen LogP contribution in [0.2, 0.25) is 5.02 Å². The van der Waals surface area contributed by atoms with Crippen LogP contribution in [0.25, 0.3) is 0 Å². The first-order chi connectivity index (χ1) is 12.7. The molecular formula is C21H28BrCl2NO2. The van der Waals surface area contributed by atoms with Gasteiger partial charge in [-0.2, -0.15) is 0 Å². The Morgan fingerprint density at radius 1 is 1.07 bits per heavy atom. The van der Waals surface area contributed by atoms with Gasteiger partial charge in [-0.05, 0) is 59.6 Å². The average Bonchev–Trinajstić information content (AvgIpc) is 2.62. The minimum absolute atomic E-state index is 0. The third-order valence-corrected chi connectivity index (χ3v) is 4.94. The molecule has 0 bridgehead atoms. The molecule has 27 heavy (non-hydrogen) atoms.